The summed E-state index contributed by atoms with van der Waals surface area (Å²) in [4.78, 5) is 6.58. The smallest absolute Gasteiger partial charge is 0.0454 e. The molecule has 2 aromatic carbocycles. The van der Waals surface area contributed by atoms with Gasteiger partial charge < -0.3 is 9.97 Å². The second-order valence-corrected chi connectivity index (χ2v) is 8.48. The maximum absolute atomic E-state index is 3.31. The molecule has 5 rings (SSSR count). The lowest BCUT2D eigenvalue weighted by Gasteiger charge is -2.38. The van der Waals surface area contributed by atoms with Gasteiger partial charge in [-0.3, -0.25) is 0 Å². The van der Waals surface area contributed by atoms with Gasteiger partial charge in [0.2, 0.25) is 0 Å². The van der Waals surface area contributed by atoms with Crippen molar-refractivity contribution in [2.45, 2.75) is 32.6 Å². The van der Waals surface area contributed by atoms with Gasteiger partial charge in [0.25, 0.3) is 0 Å². The average molecular weight is 367 g/mol. The summed E-state index contributed by atoms with van der Waals surface area (Å²) in [6, 6.07) is 17.8. The van der Waals surface area contributed by atoms with Crippen molar-refractivity contribution in [2.75, 3.05) is 0 Å². The predicted octanol–water partition coefficient (Wildman–Crippen LogP) is 7.19. The summed E-state index contributed by atoms with van der Waals surface area (Å²) in [6.45, 7) is 4.68. The van der Waals surface area contributed by atoms with Gasteiger partial charge in [-0.1, -0.05) is 42.9 Å². The first-order valence-electron chi connectivity index (χ1n) is 10.1. The van der Waals surface area contributed by atoms with E-state index in [4.69, 9.17) is 0 Å². The molecule has 28 heavy (non-hydrogen) atoms. The van der Waals surface area contributed by atoms with E-state index in [-0.39, 0.29) is 5.41 Å². The normalized spacial score (nSPS) is 22.9. The predicted molar refractivity (Wildman–Crippen MR) is 119 cm³/mol. The van der Waals surface area contributed by atoms with Crippen molar-refractivity contribution >= 4 is 27.9 Å². The molecule has 2 nitrogen and oxygen atoms in total. The molecule has 0 saturated carbocycles. The van der Waals surface area contributed by atoms with E-state index in [0.717, 1.165) is 0 Å². The molecule has 0 spiro atoms. The molecule has 2 aromatic heterocycles. The van der Waals surface area contributed by atoms with E-state index in [1.807, 2.05) is 12.4 Å². The van der Waals surface area contributed by atoms with Crippen molar-refractivity contribution < 1.29 is 0 Å². The SMILES string of the molecule is CC1=C[C@@H](c2ccc3[nH]ccc3c2)[C@@](C)(/C=C/c2ccc3[nH]ccc3c2)CC1. The third kappa shape index (κ3) is 2.99. The van der Waals surface area contributed by atoms with Crippen LogP contribution in [0.1, 0.15) is 43.7 Å². The van der Waals surface area contributed by atoms with Crippen molar-refractivity contribution in [3.8, 4) is 0 Å². The van der Waals surface area contributed by atoms with E-state index in [1.54, 1.807) is 0 Å². The fourth-order valence-corrected chi connectivity index (χ4v) is 4.57. The molecule has 0 fully saturated rings. The number of H-pyrrole nitrogens is 2. The second-order valence-electron chi connectivity index (χ2n) is 8.48. The third-order valence-electron chi connectivity index (χ3n) is 6.39. The molecule has 140 valence electrons. The van der Waals surface area contributed by atoms with E-state index >= 15 is 0 Å². The van der Waals surface area contributed by atoms with Gasteiger partial charge in [-0.15, -0.1) is 0 Å². The first-order chi connectivity index (χ1) is 13.6. The molecule has 1 aliphatic carbocycles. The largest absolute Gasteiger partial charge is 0.361 e. The standard InChI is InChI=1S/C26H26N2/c1-18-7-11-26(2,12-8-19-3-5-24-21(16-19)9-13-27-24)23(15-18)20-4-6-25-22(17-20)10-14-28-25/h3-6,8-10,12-17,23,27-28H,7,11H2,1-2H3/b12-8+/t23-,26+/m0/s1. The number of hydrogen-bond acceptors (Lipinski definition) is 0. The molecule has 0 unspecified atom stereocenters. The Hall–Kier alpha value is -3.00. The fourth-order valence-electron chi connectivity index (χ4n) is 4.57. The van der Waals surface area contributed by atoms with Crippen LogP contribution in [0, 0.1) is 5.41 Å². The summed E-state index contributed by atoms with van der Waals surface area (Å²) in [5.74, 6) is 0.396. The molecule has 2 N–H and O–H groups in total. The zero-order chi connectivity index (χ0) is 19.1. The molecular formula is C26H26N2. The van der Waals surface area contributed by atoms with Crippen LogP contribution >= 0.6 is 0 Å². The Bertz CT molecular complexity index is 1200. The van der Waals surface area contributed by atoms with Crippen LogP contribution in [-0.4, -0.2) is 9.97 Å². The second kappa shape index (κ2) is 6.56. The number of benzene rings is 2. The first-order valence-corrected chi connectivity index (χ1v) is 10.1. The summed E-state index contributed by atoms with van der Waals surface area (Å²) in [5.41, 5.74) is 6.67. The number of nitrogens with one attached hydrogen (secondary N) is 2. The van der Waals surface area contributed by atoms with Crippen molar-refractivity contribution in [3.63, 3.8) is 0 Å². The van der Waals surface area contributed by atoms with Crippen LogP contribution < -0.4 is 0 Å². The van der Waals surface area contributed by atoms with Gasteiger partial charge >= 0.3 is 0 Å². The number of fused-ring (bicyclic) bond motifs is 2. The number of hydrogen-bond donors (Lipinski definition) is 2. The highest BCUT2D eigenvalue weighted by molar-refractivity contribution is 5.82. The monoisotopic (exact) mass is 366 g/mol. The Morgan fingerprint density at radius 2 is 1.64 bits per heavy atom. The molecule has 0 radical (unpaired) electrons. The van der Waals surface area contributed by atoms with E-state index < -0.39 is 0 Å². The lowest BCUT2D eigenvalue weighted by atomic mass is 9.66. The molecule has 2 heterocycles. The number of aromatic nitrogens is 2. The van der Waals surface area contributed by atoms with Crippen molar-refractivity contribution in [1.82, 2.24) is 9.97 Å². The molecule has 0 saturated heterocycles. The zero-order valence-corrected chi connectivity index (χ0v) is 16.5. The topological polar surface area (TPSA) is 31.6 Å². The Labute approximate surface area is 166 Å². The molecular weight excluding hydrogens is 340 g/mol. The van der Waals surface area contributed by atoms with Gasteiger partial charge in [-0.05, 0) is 83.5 Å². The summed E-state index contributed by atoms with van der Waals surface area (Å²) < 4.78 is 0. The minimum Gasteiger partial charge on any atom is -0.361 e. The van der Waals surface area contributed by atoms with Crippen LogP contribution in [-0.2, 0) is 0 Å². The Morgan fingerprint density at radius 3 is 2.43 bits per heavy atom. The number of allylic oxidation sites excluding steroid dienone is 3. The summed E-state index contributed by atoms with van der Waals surface area (Å²) >= 11 is 0. The minimum absolute atomic E-state index is 0.108. The van der Waals surface area contributed by atoms with E-state index in [1.165, 1.54) is 51.3 Å². The van der Waals surface area contributed by atoms with E-state index in [0.29, 0.717) is 5.92 Å². The molecule has 2 heteroatoms. The lowest BCUT2D eigenvalue weighted by molar-refractivity contribution is 0.334. The maximum Gasteiger partial charge on any atom is 0.0454 e. The van der Waals surface area contributed by atoms with Gasteiger partial charge in [-0.25, -0.2) is 0 Å². The van der Waals surface area contributed by atoms with Crippen molar-refractivity contribution in [3.05, 3.63) is 89.8 Å². The summed E-state index contributed by atoms with van der Waals surface area (Å²) in [6.07, 6.45) is 13.6. The summed E-state index contributed by atoms with van der Waals surface area (Å²) in [5, 5.41) is 2.56. The zero-order valence-electron chi connectivity index (χ0n) is 16.5. The van der Waals surface area contributed by atoms with Crippen molar-refractivity contribution in [1.29, 1.82) is 0 Å². The van der Waals surface area contributed by atoms with Gasteiger partial charge in [0, 0.05) is 29.3 Å². The van der Waals surface area contributed by atoms with Crippen LogP contribution in [0.5, 0.6) is 0 Å². The highest BCUT2D eigenvalue weighted by Crippen LogP contribution is 2.47. The van der Waals surface area contributed by atoms with Crippen LogP contribution in [0.25, 0.3) is 27.9 Å². The quantitative estimate of drug-likeness (QED) is 0.360. The summed E-state index contributed by atoms with van der Waals surface area (Å²) in [7, 11) is 0. The van der Waals surface area contributed by atoms with Crippen LogP contribution in [0.4, 0.5) is 0 Å². The Kier molecular flexibility index (Phi) is 4.01. The Balaban J connectivity index is 1.52. The molecule has 2 atom stereocenters. The van der Waals surface area contributed by atoms with E-state index in [2.05, 4.69) is 90.6 Å². The molecule has 0 aliphatic heterocycles. The lowest BCUT2D eigenvalue weighted by Crippen LogP contribution is -2.25. The molecule has 1 aliphatic rings. The highest BCUT2D eigenvalue weighted by Gasteiger charge is 2.34. The van der Waals surface area contributed by atoms with Gasteiger partial charge in [0.1, 0.15) is 0 Å². The highest BCUT2D eigenvalue weighted by atomic mass is 14.7. The van der Waals surface area contributed by atoms with Gasteiger partial charge in [0.05, 0.1) is 0 Å². The minimum atomic E-state index is 0.108. The molecule has 0 amide bonds. The fraction of sp³-hybridized carbons (Fsp3) is 0.231. The molecule has 0 bridgehead atoms. The van der Waals surface area contributed by atoms with Crippen LogP contribution in [0.2, 0.25) is 0 Å². The van der Waals surface area contributed by atoms with Crippen molar-refractivity contribution in [2.24, 2.45) is 5.41 Å². The van der Waals surface area contributed by atoms with Crippen LogP contribution in [0.15, 0.2) is 78.6 Å². The third-order valence-corrected chi connectivity index (χ3v) is 6.39. The van der Waals surface area contributed by atoms with Crippen LogP contribution in [0.3, 0.4) is 0 Å². The Morgan fingerprint density at radius 1 is 0.929 bits per heavy atom. The number of aromatic amines is 2. The van der Waals surface area contributed by atoms with Gasteiger partial charge in [0.15, 0.2) is 0 Å². The average Bonchev–Trinajstić information content (AvgIpc) is 3.36. The molecule has 4 aromatic rings. The maximum atomic E-state index is 3.31. The first kappa shape index (κ1) is 17.1. The van der Waals surface area contributed by atoms with E-state index in [9.17, 15) is 0 Å². The van der Waals surface area contributed by atoms with Gasteiger partial charge in [-0.2, -0.15) is 0 Å². The number of rotatable bonds is 3.